The molecule has 0 aliphatic heterocycles. The number of nitrogens with one attached hydrogen (secondary N) is 3. The van der Waals surface area contributed by atoms with Gasteiger partial charge in [-0.25, -0.2) is 33.7 Å². The monoisotopic (exact) mass is 1360 g/mol. The van der Waals surface area contributed by atoms with Gasteiger partial charge in [0.05, 0.1) is 88.0 Å². The summed E-state index contributed by atoms with van der Waals surface area (Å²) in [6, 6.07) is 9.63. The van der Waals surface area contributed by atoms with Gasteiger partial charge in [-0.2, -0.15) is 10.2 Å². The average molecular weight is 1360 g/mol. The molecule has 0 saturated heterocycles. The van der Waals surface area contributed by atoms with E-state index in [1.807, 2.05) is 0 Å². The van der Waals surface area contributed by atoms with E-state index in [0.717, 1.165) is 24.3 Å². The fourth-order valence-corrected chi connectivity index (χ4v) is 8.96. The average Bonchev–Trinajstić information content (AvgIpc) is 2.69. The van der Waals surface area contributed by atoms with E-state index in [-0.39, 0.29) is 97.2 Å². The third-order valence-corrected chi connectivity index (χ3v) is 13.7. The van der Waals surface area contributed by atoms with Crippen molar-refractivity contribution in [1.82, 2.24) is 16.0 Å². The quantitative estimate of drug-likeness (QED) is 0.00779. The molecular formula is C45H55Cu2N9O24S4. The number of hydrogen-bond donors (Lipinski definition) is 13. The van der Waals surface area contributed by atoms with E-state index < -0.39 is 151 Å². The molecule has 0 aromatic heterocycles. The Balaban J connectivity index is -0.000000993. The van der Waals surface area contributed by atoms with Crippen LogP contribution in [-0.4, -0.2) is 177 Å². The molecule has 0 aliphatic rings. The summed E-state index contributed by atoms with van der Waals surface area (Å²) in [5.74, 6) is -4.43. The van der Waals surface area contributed by atoms with Gasteiger partial charge in [0.2, 0.25) is 0 Å². The predicted octanol–water partition coefficient (Wildman–Crippen LogP) is -3.63. The molecule has 0 atom stereocenters. The van der Waals surface area contributed by atoms with Crippen LogP contribution in [0.4, 0.5) is 34.1 Å². The maximum Gasteiger partial charge on any atom is 2.00 e. The van der Waals surface area contributed by atoms with Crippen molar-refractivity contribution in [3.05, 3.63) is 72.8 Å². The minimum absolute atomic E-state index is 0. The first-order valence-corrected chi connectivity index (χ1v) is 28.5. The number of nitrogens with two attached hydrogens (primary N) is 2. The third kappa shape index (κ3) is 22.2. The summed E-state index contributed by atoms with van der Waals surface area (Å²) < 4.78 is 141. The molecule has 0 fully saturated rings. The van der Waals surface area contributed by atoms with Crippen molar-refractivity contribution in [2.45, 2.75) is 31.9 Å². The van der Waals surface area contributed by atoms with Crippen LogP contribution in [0.15, 0.2) is 113 Å². The van der Waals surface area contributed by atoms with Gasteiger partial charge in [0.15, 0.2) is 6.29 Å². The van der Waals surface area contributed by atoms with Crippen LogP contribution in [0.5, 0.6) is 23.0 Å². The molecule has 6 rings (SSSR count). The van der Waals surface area contributed by atoms with Crippen molar-refractivity contribution in [2.24, 2.45) is 20.5 Å². The van der Waals surface area contributed by atoms with Gasteiger partial charge in [-0.05, 0) is 81.2 Å². The molecule has 0 aliphatic carbocycles. The van der Waals surface area contributed by atoms with E-state index in [2.05, 4.69) is 36.4 Å². The molecule has 6 aromatic carbocycles. The summed E-state index contributed by atoms with van der Waals surface area (Å²) in [4.78, 5) is -4.38. The second kappa shape index (κ2) is 34.3. The molecule has 15 N–H and O–H groups in total. The van der Waals surface area contributed by atoms with Gasteiger partial charge in [0.25, 0.3) is 0 Å². The summed E-state index contributed by atoms with van der Waals surface area (Å²) in [6.45, 7) is 2.35. The Morgan fingerprint density at radius 3 is 1.08 bits per heavy atom. The van der Waals surface area contributed by atoms with Crippen molar-refractivity contribution >= 4 is 96.1 Å². The fourth-order valence-electron chi connectivity index (χ4n) is 6.59. The number of rotatable bonds is 22. The van der Waals surface area contributed by atoms with Gasteiger partial charge < -0.3 is 107 Å². The van der Waals surface area contributed by atoms with Gasteiger partial charge >= 0.3 is 39.8 Å². The smallest absolute Gasteiger partial charge is 0.871 e. The topological polar surface area (TPSA) is 620 Å². The molecule has 2 radical (unpaired) electrons. The van der Waals surface area contributed by atoms with Crippen molar-refractivity contribution in [3.63, 3.8) is 0 Å². The van der Waals surface area contributed by atoms with Crippen LogP contribution in [0.3, 0.4) is 0 Å². The molecule has 470 valence electrons. The second-order valence-electron chi connectivity index (χ2n) is 16.3. The molecule has 0 unspecified atom stereocenters. The molecule has 0 heterocycles. The molecule has 6 aromatic rings. The molecule has 0 saturated carbocycles. The first kappa shape index (κ1) is 76.1. The number of nitrogens with zero attached hydrogens (tertiary/aromatic N) is 4. The summed E-state index contributed by atoms with van der Waals surface area (Å²) in [6.07, 6.45) is -1.44. The van der Waals surface area contributed by atoms with Crippen LogP contribution in [-0.2, 0) is 74.6 Å². The zero-order valence-corrected chi connectivity index (χ0v) is 47.8. The van der Waals surface area contributed by atoms with E-state index in [0.29, 0.717) is 62.6 Å². The molecule has 0 spiro atoms. The zero-order valence-electron chi connectivity index (χ0n) is 46.7. The third-order valence-electron chi connectivity index (χ3n) is 10.3. The van der Waals surface area contributed by atoms with Gasteiger partial charge in [-0.1, -0.05) is 47.3 Å². The number of fused-ring (bicyclic) bond motifs is 2. The maximum atomic E-state index is 13.2. The Morgan fingerprint density at radius 1 is 0.488 bits per heavy atom. The fraction of sp³-hybridized carbons (Fsp3) is 0.289. The number of aliphatic hydroxyl groups excluding tert-OH is 7. The predicted molar refractivity (Wildman–Crippen MR) is 279 cm³/mol. The Hall–Kier alpha value is -5.92. The summed E-state index contributed by atoms with van der Waals surface area (Å²) >= 11 is 0. The van der Waals surface area contributed by atoms with Crippen LogP contribution < -0.4 is 47.8 Å². The maximum absolute atomic E-state index is 13.2. The van der Waals surface area contributed by atoms with Crippen molar-refractivity contribution in [1.29, 1.82) is 0 Å². The molecular weight excluding hydrogens is 1310 g/mol. The number of aliphatic hydroxyl groups is 8. The van der Waals surface area contributed by atoms with Gasteiger partial charge in [0.1, 0.15) is 40.5 Å². The molecule has 0 amide bonds. The molecule has 33 nitrogen and oxygen atoms in total. The zero-order chi connectivity index (χ0) is 61.9. The summed E-state index contributed by atoms with van der Waals surface area (Å²) in [5.41, 5.74) is 7.32. The minimum atomic E-state index is -5.50. The number of nitrogen functional groups attached to an aromatic ring is 2. The molecule has 84 heavy (non-hydrogen) atoms. The van der Waals surface area contributed by atoms with E-state index >= 15 is 0 Å². The number of hydrogen-bond acceptors (Lipinski definition) is 33. The van der Waals surface area contributed by atoms with Crippen molar-refractivity contribution in [2.75, 3.05) is 83.8 Å². The largest absolute Gasteiger partial charge is 2.00 e. The van der Waals surface area contributed by atoms with Gasteiger partial charge in [0, 0.05) is 44.1 Å². The first-order valence-electron chi connectivity index (χ1n) is 22.9. The number of benzene rings is 6. The standard InChI is InChI=1S/C32H24N6O16S4.C5H13NO4.2C4H11NO2.2Cu/c33-19-11-17(55(43,44)45)5-15-9-25(57(49,50)51)29(31(41)27(15)19)37-35-21-3-1-13(7-23(21)39)14-2-4-22(24(40)8-14)36-38-30-26(58(52,53)54)10-16-6-18(56(46,47)48)12-20(34)28(16)32(30)42;7-2-4(3-8)6-1-5(9)10;2*6-3-1-5-2-4-7;;/h1-12,39-42H,33-34H2,(H,43,44,45)(H,46,47,48)(H,49,50,51)(H,52,53,54);4-10H,1-3H2;2*5-7H,1-4H2;;/q;;;;2*+2/p-4. The summed E-state index contributed by atoms with van der Waals surface area (Å²) in [7, 11) is -21.3. The van der Waals surface area contributed by atoms with Crippen LogP contribution in [0, 0.1) is 0 Å². The van der Waals surface area contributed by atoms with Gasteiger partial charge in [-0.15, -0.1) is 10.2 Å². The van der Waals surface area contributed by atoms with E-state index in [1.165, 1.54) is 12.1 Å². The number of azo groups is 2. The second-order valence-corrected chi connectivity index (χ2v) is 21.7. The number of anilines is 2. The normalized spacial score (nSPS) is 11.9. The van der Waals surface area contributed by atoms with Crippen LogP contribution in [0.2, 0.25) is 0 Å². The Kier molecular flexibility index (Phi) is 31.1. The summed E-state index contributed by atoms with van der Waals surface area (Å²) in [5, 5.41) is 139. The minimum Gasteiger partial charge on any atom is -0.871 e. The van der Waals surface area contributed by atoms with Crippen LogP contribution >= 0.6 is 0 Å². The molecule has 0 bridgehead atoms. The SMILES string of the molecule is Nc1cc(S(=O)(=O)[O-])cc2cc(S(=O)(=O)[O-])c(N=Nc3ccc(-c4ccc(N=Nc5c(S(=O)(=O)[O-])cc6cc(S(=O)(=O)[O-])cc(N)c6c5[O-])c([O-])c4)cc3[O-])c([O-])c12.OCC(CO)NCC(O)O.OCCNCCO.OCCNCCO.[Cu+2].[Cu+2].[H+].[H+].[H+].[H+]. The first-order chi connectivity index (χ1) is 38.3. The Morgan fingerprint density at radius 2 is 0.821 bits per heavy atom. The Labute approximate surface area is 505 Å². The van der Waals surface area contributed by atoms with Crippen molar-refractivity contribution in [3.8, 4) is 34.1 Å². The van der Waals surface area contributed by atoms with E-state index in [4.69, 9.17) is 52.3 Å². The van der Waals surface area contributed by atoms with E-state index in [9.17, 15) is 72.3 Å². The van der Waals surface area contributed by atoms with Crippen molar-refractivity contribution < 1.29 is 153 Å². The van der Waals surface area contributed by atoms with E-state index in [1.54, 1.807) is 0 Å². The molecule has 39 heteroatoms. The van der Waals surface area contributed by atoms with Crippen LogP contribution in [0.1, 0.15) is 5.71 Å². The van der Waals surface area contributed by atoms with Crippen LogP contribution in [0.25, 0.3) is 32.7 Å². The van der Waals surface area contributed by atoms with Gasteiger partial charge in [-0.3, -0.25) is 0 Å². The Bertz CT molecular complexity index is 3500.